The molecule has 0 radical (unpaired) electrons. The average molecular weight is 394 g/mol. The number of anilines is 1. The second-order valence-corrected chi connectivity index (χ2v) is 5.66. The number of hydrogen-bond acceptors (Lipinski definition) is 3. The van der Waals surface area contributed by atoms with Crippen LogP contribution in [0.5, 0.6) is 0 Å². The normalized spacial score (nSPS) is 11.6. The van der Waals surface area contributed by atoms with Crippen LogP contribution in [0.4, 0.5) is 23.2 Å². The smallest absolute Gasteiger partial charge is 0.383 e. The molecule has 2 aromatic rings. The molecule has 0 aliphatic carbocycles. The molecule has 0 saturated heterocycles. The van der Waals surface area contributed by atoms with Crippen molar-refractivity contribution in [3.05, 3.63) is 34.2 Å². The molecule has 0 fully saturated rings. The maximum atomic E-state index is 13.9. The SMILES string of the molecule is CC(=O)NCCNc1cc(C(F)(F)F)nc2c(F)cc(Br)cc12. The number of nitrogens with zero attached hydrogens (tertiary/aromatic N) is 1. The molecule has 1 aromatic carbocycles. The van der Waals surface area contributed by atoms with Gasteiger partial charge in [0.2, 0.25) is 5.91 Å². The number of halogens is 5. The van der Waals surface area contributed by atoms with Crippen molar-refractivity contribution >= 4 is 38.4 Å². The van der Waals surface area contributed by atoms with Gasteiger partial charge in [0.25, 0.3) is 0 Å². The van der Waals surface area contributed by atoms with Crippen molar-refractivity contribution in [2.24, 2.45) is 0 Å². The largest absolute Gasteiger partial charge is 0.433 e. The van der Waals surface area contributed by atoms with Crippen molar-refractivity contribution < 1.29 is 22.4 Å². The van der Waals surface area contributed by atoms with Crippen LogP contribution in [0.1, 0.15) is 12.6 Å². The van der Waals surface area contributed by atoms with Crippen LogP contribution >= 0.6 is 15.9 Å². The van der Waals surface area contributed by atoms with Crippen LogP contribution in [0.2, 0.25) is 0 Å². The molecule has 0 bridgehead atoms. The minimum atomic E-state index is -4.69. The van der Waals surface area contributed by atoms with E-state index >= 15 is 0 Å². The first-order valence-electron chi connectivity index (χ1n) is 6.54. The number of carbonyl (C=O) groups excluding carboxylic acids is 1. The third-order valence-corrected chi connectivity index (χ3v) is 3.39. The molecule has 0 saturated carbocycles. The van der Waals surface area contributed by atoms with Gasteiger partial charge in [0.1, 0.15) is 11.2 Å². The zero-order valence-electron chi connectivity index (χ0n) is 11.9. The maximum Gasteiger partial charge on any atom is 0.433 e. The maximum absolute atomic E-state index is 13.9. The zero-order valence-corrected chi connectivity index (χ0v) is 13.5. The summed E-state index contributed by atoms with van der Waals surface area (Å²) in [5.74, 6) is -1.11. The third kappa shape index (κ3) is 4.31. The van der Waals surface area contributed by atoms with Gasteiger partial charge in [-0.15, -0.1) is 0 Å². The van der Waals surface area contributed by atoms with Crippen molar-refractivity contribution in [1.82, 2.24) is 10.3 Å². The molecule has 1 aromatic heterocycles. The molecule has 0 aliphatic heterocycles. The van der Waals surface area contributed by atoms with Gasteiger partial charge >= 0.3 is 6.18 Å². The second-order valence-electron chi connectivity index (χ2n) is 4.75. The van der Waals surface area contributed by atoms with E-state index in [2.05, 4.69) is 31.5 Å². The number of alkyl halides is 3. The number of rotatable bonds is 4. The predicted molar refractivity (Wildman–Crippen MR) is 81.6 cm³/mol. The highest BCUT2D eigenvalue weighted by molar-refractivity contribution is 9.10. The predicted octanol–water partition coefficient (Wildman–Crippen LogP) is 3.70. The van der Waals surface area contributed by atoms with E-state index in [1.165, 1.54) is 13.0 Å². The lowest BCUT2D eigenvalue weighted by Gasteiger charge is -2.14. The van der Waals surface area contributed by atoms with E-state index in [0.29, 0.717) is 4.47 Å². The highest BCUT2D eigenvalue weighted by Crippen LogP contribution is 2.35. The highest BCUT2D eigenvalue weighted by atomic mass is 79.9. The number of fused-ring (bicyclic) bond motifs is 1. The summed E-state index contributed by atoms with van der Waals surface area (Å²) < 4.78 is 53.1. The standard InChI is InChI=1S/C14H12BrF4N3O/c1-7(23)20-2-3-21-11-6-12(14(17,18)19)22-13-9(11)4-8(15)5-10(13)16/h4-6H,2-3H2,1H3,(H,20,23)(H,21,22). The van der Waals surface area contributed by atoms with Crippen molar-refractivity contribution in [1.29, 1.82) is 0 Å². The number of hydrogen-bond donors (Lipinski definition) is 2. The fourth-order valence-electron chi connectivity index (χ4n) is 1.98. The third-order valence-electron chi connectivity index (χ3n) is 2.94. The van der Waals surface area contributed by atoms with Crippen molar-refractivity contribution in [2.75, 3.05) is 18.4 Å². The van der Waals surface area contributed by atoms with Gasteiger partial charge in [0, 0.05) is 35.6 Å². The summed E-state index contributed by atoms with van der Waals surface area (Å²) in [5, 5.41) is 5.49. The average Bonchev–Trinajstić information content (AvgIpc) is 2.42. The number of pyridine rings is 1. The molecule has 0 spiro atoms. The van der Waals surface area contributed by atoms with Gasteiger partial charge in [0.05, 0.1) is 0 Å². The Morgan fingerprint density at radius 2 is 1.96 bits per heavy atom. The summed E-state index contributed by atoms with van der Waals surface area (Å²) >= 11 is 3.10. The van der Waals surface area contributed by atoms with Gasteiger partial charge in [-0.05, 0) is 18.2 Å². The molecule has 23 heavy (non-hydrogen) atoms. The van der Waals surface area contributed by atoms with Crippen LogP contribution < -0.4 is 10.6 Å². The quantitative estimate of drug-likeness (QED) is 0.614. The first-order valence-corrected chi connectivity index (χ1v) is 7.33. The minimum absolute atomic E-state index is 0.0906. The topological polar surface area (TPSA) is 54.0 Å². The van der Waals surface area contributed by atoms with Gasteiger partial charge < -0.3 is 10.6 Å². The van der Waals surface area contributed by atoms with E-state index in [-0.39, 0.29) is 35.6 Å². The van der Waals surface area contributed by atoms with E-state index in [1.807, 2.05) is 0 Å². The summed E-state index contributed by atoms with van der Waals surface area (Å²) in [7, 11) is 0. The Labute approximate surface area is 137 Å². The van der Waals surface area contributed by atoms with Crippen LogP contribution in [0.3, 0.4) is 0 Å². The van der Waals surface area contributed by atoms with E-state index in [1.54, 1.807) is 0 Å². The number of nitrogens with one attached hydrogen (secondary N) is 2. The Balaban J connectivity index is 2.44. The van der Waals surface area contributed by atoms with Gasteiger partial charge in [-0.2, -0.15) is 13.2 Å². The Kier molecular flexibility index (Phi) is 5.08. The molecule has 0 aliphatic rings. The molecular weight excluding hydrogens is 382 g/mol. The van der Waals surface area contributed by atoms with E-state index in [4.69, 9.17) is 0 Å². The fraction of sp³-hybridized carbons (Fsp3) is 0.286. The number of benzene rings is 1. The number of aromatic nitrogens is 1. The lowest BCUT2D eigenvalue weighted by molar-refractivity contribution is -0.140. The van der Waals surface area contributed by atoms with Crippen LogP contribution in [0, 0.1) is 5.82 Å². The molecule has 1 heterocycles. The molecular formula is C14H12BrF4N3O. The van der Waals surface area contributed by atoms with E-state index in [9.17, 15) is 22.4 Å². The summed E-state index contributed by atoms with van der Waals surface area (Å²) in [6.45, 7) is 1.73. The molecule has 0 atom stereocenters. The summed E-state index contributed by atoms with van der Waals surface area (Å²) in [6, 6.07) is 3.35. The van der Waals surface area contributed by atoms with Gasteiger partial charge in [-0.3, -0.25) is 4.79 Å². The van der Waals surface area contributed by atoms with E-state index < -0.39 is 17.7 Å². The van der Waals surface area contributed by atoms with Gasteiger partial charge in [-0.1, -0.05) is 15.9 Å². The van der Waals surface area contributed by atoms with Gasteiger partial charge in [-0.25, -0.2) is 9.37 Å². The van der Waals surface area contributed by atoms with Crippen molar-refractivity contribution in [3.8, 4) is 0 Å². The number of amides is 1. The Morgan fingerprint density at radius 1 is 1.26 bits per heavy atom. The highest BCUT2D eigenvalue weighted by Gasteiger charge is 2.33. The Hall–Kier alpha value is -1.90. The fourth-order valence-corrected chi connectivity index (χ4v) is 2.41. The second kappa shape index (κ2) is 6.69. The van der Waals surface area contributed by atoms with Crippen molar-refractivity contribution in [3.63, 3.8) is 0 Å². The Morgan fingerprint density at radius 3 is 2.57 bits per heavy atom. The zero-order chi connectivity index (χ0) is 17.2. The summed E-state index contributed by atoms with van der Waals surface area (Å²) in [6.07, 6.45) is -4.69. The first kappa shape index (κ1) is 17.5. The van der Waals surface area contributed by atoms with Crippen LogP contribution in [0.15, 0.2) is 22.7 Å². The van der Waals surface area contributed by atoms with Gasteiger partial charge in [0.15, 0.2) is 5.82 Å². The molecule has 2 N–H and O–H groups in total. The summed E-state index contributed by atoms with van der Waals surface area (Å²) in [4.78, 5) is 14.2. The lowest BCUT2D eigenvalue weighted by atomic mass is 10.1. The molecule has 2 rings (SSSR count). The molecule has 1 amide bonds. The van der Waals surface area contributed by atoms with Crippen LogP contribution in [0.25, 0.3) is 10.9 Å². The molecule has 124 valence electrons. The monoisotopic (exact) mass is 393 g/mol. The Bertz CT molecular complexity index is 749. The molecule has 0 unspecified atom stereocenters. The van der Waals surface area contributed by atoms with Crippen LogP contribution in [-0.2, 0) is 11.0 Å². The lowest BCUT2D eigenvalue weighted by Crippen LogP contribution is -2.26. The molecule has 9 heteroatoms. The minimum Gasteiger partial charge on any atom is -0.383 e. The molecule has 4 nitrogen and oxygen atoms in total. The summed E-state index contributed by atoms with van der Waals surface area (Å²) in [5.41, 5.74) is -1.47. The van der Waals surface area contributed by atoms with Crippen molar-refractivity contribution in [2.45, 2.75) is 13.1 Å². The number of carbonyl (C=O) groups is 1. The van der Waals surface area contributed by atoms with E-state index in [0.717, 1.165) is 12.1 Å². The van der Waals surface area contributed by atoms with Crippen LogP contribution in [-0.4, -0.2) is 24.0 Å². The first-order chi connectivity index (χ1) is 10.7.